The number of aliphatic imine (C=N–C) groups is 1. The van der Waals surface area contributed by atoms with Crippen molar-refractivity contribution in [3.05, 3.63) is 29.8 Å². The van der Waals surface area contributed by atoms with Gasteiger partial charge >= 0.3 is 6.09 Å². The molecule has 1 unspecified atom stereocenters. The molecule has 8 heteroatoms. The molecule has 1 saturated heterocycles. The summed E-state index contributed by atoms with van der Waals surface area (Å²) in [6.07, 6.45) is 0.943. The maximum absolute atomic E-state index is 12.0. The molecule has 31 heavy (non-hydrogen) atoms. The molecule has 1 aromatic rings. The van der Waals surface area contributed by atoms with Crippen molar-refractivity contribution in [2.24, 2.45) is 10.9 Å². The van der Waals surface area contributed by atoms with E-state index in [1.165, 1.54) is 0 Å². The molecule has 0 aliphatic carbocycles. The van der Waals surface area contributed by atoms with Gasteiger partial charge in [0.25, 0.3) is 0 Å². The molecule has 1 aliphatic heterocycles. The van der Waals surface area contributed by atoms with E-state index in [0.717, 1.165) is 30.2 Å². The van der Waals surface area contributed by atoms with Crippen LogP contribution < -0.4 is 16.0 Å². The molecule has 0 spiro atoms. The molecule has 1 atom stereocenters. The van der Waals surface area contributed by atoms with Crippen LogP contribution in [0, 0.1) is 5.92 Å². The lowest BCUT2D eigenvalue weighted by molar-refractivity contribution is -0.116. The van der Waals surface area contributed by atoms with E-state index in [1.807, 2.05) is 58.9 Å². The molecular weight excluding hydrogens is 394 g/mol. The fourth-order valence-electron chi connectivity index (χ4n) is 3.40. The minimum atomic E-state index is -0.511. The van der Waals surface area contributed by atoms with Gasteiger partial charge in [-0.2, -0.15) is 0 Å². The number of hydrogen-bond acceptors (Lipinski definition) is 4. The molecule has 2 amide bonds. The predicted octanol–water partition coefficient (Wildman–Crippen LogP) is 3.35. The van der Waals surface area contributed by atoms with Crippen LogP contribution in [0.1, 0.15) is 53.0 Å². The van der Waals surface area contributed by atoms with E-state index in [2.05, 4.69) is 25.8 Å². The molecule has 3 N–H and O–H groups in total. The fourth-order valence-corrected chi connectivity index (χ4v) is 3.40. The molecule has 2 rings (SSSR count). The first kappa shape index (κ1) is 24.5. The summed E-state index contributed by atoms with van der Waals surface area (Å²) in [5.41, 5.74) is 1.33. The average molecular weight is 432 g/mol. The monoisotopic (exact) mass is 431 g/mol. The van der Waals surface area contributed by atoms with Gasteiger partial charge in [0.2, 0.25) is 5.91 Å². The first-order chi connectivity index (χ1) is 14.6. The van der Waals surface area contributed by atoms with Crippen LogP contribution in [0.4, 0.5) is 10.5 Å². The topological polar surface area (TPSA) is 95.1 Å². The van der Waals surface area contributed by atoms with Crippen LogP contribution in [-0.2, 0) is 16.1 Å². The lowest BCUT2D eigenvalue weighted by atomic mass is 10.1. The van der Waals surface area contributed by atoms with Gasteiger partial charge in [0.15, 0.2) is 5.96 Å². The van der Waals surface area contributed by atoms with Crippen molar-refractivity contribution in [1.29, 1.82) is 0 Å². The van der Waals surface area contributed by atoms with Gasteiger partial charge in [-0.1, -0.05) is 26.0 Å². The highest BCUT2D eigenvalue weighted by Crippen LogP contribution is 2.14. The fraction of sp³-hybridized carbons (Fsp3) is 0.609. The van der Waals surface area contributed by atoms with Gasteiger partial charge in [0, 0.05) is 38.8 Å². The number of anilines is 1. The SMILES string of the molecule is CN=C(NCc1cccc(NC(=O)CC(C)C)c1)N1CCC(NC(=O)OC(C)(C)C)C1. The van der Waals surface area contributed by atoms with E-state index in [0.29, 0.717) is 25.4 Å². The molecule has 0 radical (unpaired) electrons. The van der Waals surface area contributed by atoms with Crippen LogP contribution in [0.2, 0.25) is 0 Å². The average Bonchev–Trinajstić information content (AvgIpc) is 3.08. The Morgan fingerprint density at radius 1 is 1.29 bits per heavy atom. The van der Waals surface area contributed by atoms with E-state index < -0.39 is 11.7 Å². The second-order valence-electron chi connectivity index (χ2n) is 9.33. The molecule has 1 heterocycles. The number of ether oxygens (including phenoxy) is 1. The van der Waals surface area contributed by atoms with E-state index in [1.54, 1.807) is 7.05 Å². The Bertz CT molecular complexity index is 786. The van der Waals surface area contributed by atoms with Crippen molar-refractivity contribution < 1.29 is 14.3 Å². The molecule has 1 fully saturated rings. The Balaban J connectivity index is 1.85. The van der Waals surface area contributed by atoms with Crippen LogP contribution in [0.25, 0.3) is 0 Å². The van der Waals surface area contributed by atoms with E-state index in [-0.39, 0.29) is 11.9 Å². The van der Waals surface area contributed by atoms with Crippen LogP contribution in [0.5, 0.6) is 0 Å². The second-order valence-corrected chi connectivity index (χ2v) is 9.33. The number of amides is 2. The van der Waals surface area contributed by atoms with E-state index in [9.17, 15) is 9.59 Å². The van der Waals surface area contributed by atoms with Gasteiger partial charge in [-0.05, 0) is 50.8 Å². The number of carbonyl (C=O) groups is 2. The summed E-state index contributed by atoms with van der Waals surface area (Å²) in [5, 5.41) is 9.25. The zero-order valence-electron chi connectivity index (χ0n) is 19.6. The third-order valence-corrected chi connectivity index (χ3v) is 4.68. The number of rotatable bonds is 6. The summed E-state index contributed by atoms with van der Waals surface area (Å²) in [6, 6.07) is 7.82. The van der Waals surface area contributed by atoms with Crippen molar-refractivity contribution in [2.45, 2.75) is 65.6 Å². The second kappa shape index (κ2) is 11.0. The normalized spacial score (nSPS) is 16.9. The number of hydrogen-bond donors (Lipinski definition) is 3. The van der Waals surface area contributed by atoms with E-state index in [4.69, 9.17) is 4.74 Å². The Kier molecular flexibility index (Phi) is 8.71. The van der Waals surface area contributed by atoms with Crippen LogP contribution in [-0.4, -0.2) is 54.6 Å². The van der Waals surface area contributed by atoms with Crippen molar-refractivity contribution >= 4 is 23.6 Å². The van der Waals surface area contributed by atoms with Gasteiger partial charge in [0.1, 0.15) is 5.60 Å². The first-order valence-electron chi connectivity index (χ1n) is 10.9. The smallest absolute Gasteiger partial charge is 0.407 e. The van der Waals surface area contributed by atoms with Crippen LogP contribution in [0.15, 0.2) is 29.3 Å². The zero-order chi connectivity index (χ0) is 23.0. The first-order valence-corrected chi connectivity index (χ1v) is 10.9. The molecular formula is C23H37N5O3. The zero-order valence-corrected chi connectivity index (χ0v) is 19.6. The number of likely N-dealkylation sites (tertiary alicyclic amines) is 1. The lowest BCUT2D eigenvalue weighted by Gasteiger charge is -2.23. The maximum atomic E-state index is 12.0. The Labute approximate surface area is 185 Å². The molecule has 8 nitrogen and oxygen atoms in total. The molecule has 0 bridgehead atoms. The van der Waals surface area contributed by atoms with Crippen molar-refractivity contribution in [3.8, 4) is 0 Å². The maximum Gasteiger partial charge on any atom is 0.407 e. The molecule has 0 aromatic heterocycles. The largest absolute Gasteiger partial charge is 0.444 e. The Morgan fingerprint density at radius 3 is 2.68 bits per heavy atom. The highest BCUT2D eigenvalue weighted by molar-refractivity contribution is 5.90. The van der Waals surface area contributed by atoms with Crippen molar-refractivity contribution in [2.75, 3.05) is 25.5 Å². The van der Waals surface area contributed by atoms with Crippen LogP contribution >= 0.6 is 0 Å². The van der Waals surface area contributed by atoms with Crippen molar-refractivity contribution in [3.63, 3.8) is 0 Å². The number of benzene rings is 1. The predicted molar refractivity (Wildman–Crippen MR) is 124 cm³/mol. The Morgan fingerprint density at radius 2 is 2.03 bits per heavy atom. The minimum absolute atomic E-state index is 0.0212. The molecule has 172 valence electrons. The van der Waals surface area contributed by atoms with Gasteiger partial charge in [-0.15, -0.1) is 0 Å². The van der Waals surface area contributed by atoms with Gasteiger partial charge in [-0.3, -0.25) is 9.79 Å². The molecule has 1 aromatic carbocycles. The van der Waals surface area contributed by atoms with E-state index >= 15 is 0 Å². The number of carbonyl (C=O) groups excluding carboxylic acids is 2. The summed E-state index contributed by atoms with van der Waals surface area (Å²) in [4.78, 5) is 30.5. The van der Waals surface area contributed by atoms with Gasteiger partial charge in [0.05, 0.1) is 6.04 Å². The third-order valence-electron chi connectivity index (χ3n) is 4.68. The number of alkyl carbamates (subject to hydrolysis) is 1. The molecule has 0 saturated carbocycles. The third kappa shape index (κ3) is 8.86. The summed E-state index contributed by atoms with van der Waals surface area (Å²) < 4.78 is 5.34. The number of guanidine groups is 1. The summed E-state index contributed by atoms with van der Waals surface area (Å²) >= 11 is 0. The minimum Gasteiger partial charge on any atom is -0.444 e. The standard InChI is InChI=1S/C23H37N5O3/c1-16(2)12-20(29)26-18-9-7-8-17(13-18)14-25-21(24-6)28-11-10-19(15-28)27-22(30)31-23(3,4)5/h7-9,13,16,19H,10-12,14-15H2,1-6H3,(H,24,25)(H,26,29)(H,27,30). The number of nitrogens with zero attached hydrogens (tertiary/aromatic N) is 2. The number of nitrogens with one attached hydrogen (secondary N) is 3. The summed E-state index contributed by atoms with van der Waals surface area (Å²) in [7, 11) is 1.75. The highest BCUT2D eigenvalue weighted by Gasteiger charge is 2.27. The summed E-state index contributed by atoms with van der Waals surface area (Å²) in [6.45, 7) is 11.7. The summed E-state index contributed by atoms with van der Waals surface area (Å²) in [5.74, 6) is 1.13. The van der Waals surface area contributed by atoms with Gasteiger partial charge < -0.3 is 25.6 Å². The van der Waals surface area contributed by atoms with Crippen molar-refractivity contribution in [1.82, 2.24) is 15.5 Å². The quantitative estimate of drug-likeness (QED) is 0.474. The van der Waals surface area contributed by atoms with Gasteiger partial charge in [-0.25, -0.2) is 4.79 Å². The Hall–Kier alpha value is -2.77. The highest BCUT2D eigenvalue weighted by atomic mass is 16.6. The lowest BCUT2D eigenvalue weighted by Crippen LogP contribution is -2.44. The molecule has 1 aliphatic rings. The van der Waals surface area contributed by atoms with Crippen LogP contribution in [0.3, 0.4) is 0 Å².